The molecule has 7 aromatic rings. The highest BCUT2D eigenvalue weighted by Gasteiger charge is 2.22. The highest BCUT2D eigenvalue weighted by Crippen LogP contribution is 2.39. The summed E-state index contributed by atoms with van der Waals surface area (Å²) in [4.78, 5) is 9.86. The van der Waals surface area contributed by atoms with E-state index in [4.69, 9.17) is 14.4 Å². The lowest BCUT2D eigenvalue weighted by Crippen LogP contribution is -2.13. The maximum Gasteiger partial charge on any atom is 0.149 e. The lowest BCUT2D eigenvalue weighted by Gasteiger charge is -2.18. The van der Waals surface area contributed by atoms with Crippen molar-refractivity contribution in [2.75, 3.05) is 0 Å². The van der Waals surface area contributed by atoms with E-state index in [2.05, 4.69) is 116 Å². The van der Waals surface area contributed by atoms with Gasteiger partial charge in [-0.15, -0.1) is 0 Å². The number of imidazole rings is 1. The average Bonchev–Trinajstić information content (AvgIpc) is 3.51. The Morgan fingerprint density at radius 2 is 1.47 bits per heavy atom. The van der Waals surface area contributed by atoms with E-state index < -0.39 is 0 Å². The summed E-state index contributed by atoms with van der Waals surface area (Å²) in [6.45, 7) is 6.55. The zero-order chi connectivity index (χ0) is 25.9. The largest absolute Gasteiger partial charge is 0.455 e. The number of aromatic nitrogens is 3. The molecule has 0 radical (unpaired) electrons. The first-order chi connectivity index (χ1) is 18.5. The van der Waals surface area contributed by atoms with Gasteiger partial charge in [0.25, 0.3) is 0 Å². The van der Waals surface area contributed by atoms with Crippen LogP contribution in [-0.2, 0) is 5.41 Å². The van der Waals surface area contributed by atoms with Gasteiger partial charge in [0.15, 0.2) is 0 Å². The molecule has 0 unspecified atom stereocenters. The predicted molar refractivity (Wildman–Crippen MR) is 156 cm³/mol. The first kappa shape index (κ1) is 22.5. The third-order valence-electron chi connectivity index (χ3n) is 7.17. The Bertz CT molecular complexity index is 1940. The number of fused-ring (bicyclic) bond motifs is 4. The van der Waals surface area contributed by atoms with Gasteiger partial charge in [-0.05, 0) is 47.5 Å². The minimum atomic E-state index is -0.0741. The van der Waals surface area contributed by atoms with E-state index in [-0.39, 0.29) is 5.41 Å². The number of nitrogens with zero attached hydrogens (tertiary/aromatic N) is 3. The summed E-state index contributed by atoms with van der Waals surface area (Å²) in [7, 11) is 0. The average molecular weight is 494 g/mol. The van der Waals surface area contributed by atoms with Crippen molar-refractivity contribution < 1.29 is 4.42 Å². The number of benzene rings is 4. The number of para-hydroxylation sites is 2. The van der Waals surface area contributed by atoms with Crippen LogP contribution in [0.25, 0.3) is 61.2 Å². The summed E-state index contributed by atoms with van der Waals surface area (Å²) in [5.74, 6) is 0.840. The van der Waals surface area contributed by atoms with Crippen molar-refractivity contribution in [2.24, 2.45) is 0 Å². The van der Waals surface area contributed by atoms with Crippen molar-refractivity contribution in [1.29, 1.82) is 0 Å². The molecule has 7 rings (SSSR count). The molecule has 4 aromatic carbocycles. The van der Waals surface area contributed by atoms with Gasteiger partial charge in [0.2, 0.25) is 0 Å². The van der Waals surface area contributed by atoms with Crippen LogP contribution in [0.3, 0.4) is 0 Å². The van der Waals surface area contributed by atoms with E-state index in [0.717, 1.165) is 61.3 Å². The van der Waals surface area contributed by atoms with Crippen molar-refractivity contribution in [3.63, 3.8) is 0 Å². The molecule has 4 heteroatoms. The Morgan fingerprint density at radius 3 is 2.24 bits per heavy atom. The molecule has 38 heavy (non-hydrogen) atoms. The molecule has 184 valence electrons. The number of pyridine rings is 1. The van der Waals surface area contributed by atoms with E-state index in [1.54, 1.807) is 0 Å². The van der Waals surface area contributed by atoms with E-state index in [9.17, 15) is 0 Å². The second-order valence-electron chi connectivity index (χ2n) is 10.8. The lowest BCUT2D eigenvalue weighted by atomic mass is 9.91. The molecule has 0 aliphatic rings. The maximum absolute atomic E-state index is 6.60. The van der Waals surface area contributed by atoms with Crippen LogP contribution in [0.5, 0.6) is 0 Å². The Hall–Kier alpha value is -4.70. The van der Waals surface area contributed by atoms with Crippen LogP contribution >= 0.6 is 0 Å². The van der Waals surface area contributed by atoms with Crippen LogP contribution in [0.4, 0.5) is 0 Å². The molecule has 3 aromatic heterocycles. The molecule has 0 amide bonds. The molecule has 3 heterocycles. The molecule has 4 nitrogen and oxygen atoms in total. The van der Waals surface area contributed by atoms with Gasteiger partial charge in [0.1, 0.15) is 22.5 Å². The predicted octanol–water partition coefficient (Wildman–Crippen LogP) is 8.95. The van der Waals surface area contributed by atoms with Gasteiger partial charge in [-0.25, -0.2) is 4.98 Å². The zero-order valence-corrected chi connectivity index (χ0v) is 21.6. The van der Waals surface area contributed by atoms with Crippen molar-refractivity contribution in [1.82, 2.24) is 14.5 Å². The first-order valence-corrected chi connectivity index (χ1v) is 12.9. The van der Waals surface area contributed by atoms with Crippen molar-refractivity contribution >= 4 is 33.0 Å². The van der Waals surface area contributed by atoms with E-state index >= 15 is 0 Å². The number of rotatable bonds is 3. The van der Waals surface area contributed by atoms with Crippen LogP contribution in [-0.4, -0.2) is 14.5 Å². The van der Waals surface area contributed by atoms with Crippen LogP contribution in [0, 0.1) is 0 Å². The Labute approximate surface area is 221 Å². The van der Waals surface area contributed by atoms with Crippen LogP contribution in [0.15, 0.2) is 114 Å². The van der Waals surface area contributed by atoms with Gasteiger partial charge in [-0.2, -0.15) is 0 Å². The maximum atomic E-state index is 6.60. The van der Waals surface area contributed by atoms with Crippen molar-refractivity contribution in [3.8, 4) is 28.2 Å². The quantitative estimate of drug-likeness (QED) is 0.247. The van der Waals surface area contributed by atoms with Gasteiger partial charge in [0, 0.05) is 27.6 Å². The molecule has 0 aliphatic heterocycles. The van der Waals surface area contributed by atoms with E-state index in [1.807, 2.05) is 18.3 Å². The Morgan fingerprint density at radius 1 is 0.711 bits per heavy atom. The summed E-state index contributed by atoms with van der Waals surface area (Å²) in [6.07, 6.45) is 1.89. The third kappa shape index (κ3) is 3.60. The third-order valence-corrected chi connectivity index (χ3v) is 7.17. The molecular weight excluding hydrogens is 466 g/mol. The molecule has 0 spiro atoms. The minimum absolute atomic E-state index is 0.0741. The Balaban J connectivity index is 1.50. The lowest BCUT2D eigenvalue weighted by molar-refractivity contribution is 0.570. The van der Waals surface area contributed by atoms with Gasteiger partial charge in [0.05, 0.1) is 17.3 Å². The molecular formula is C34H27N3O. The topological polar surface area (TPSA) is 43.9 Å². The van der Waals surface area contributed by atoms with E-state index in [1.165, 1.54) is 5.56 Å². The minimum Gasteiger partial charge on any atom is -0.455 e. The van der Waals surface area contributed by atoms with Gasteiger partial charge >= 0.3 is 0 Å². The van der Waals surface area contributed by atoms with Crippen LogP contribution in [0.1, 0.15) is 26.5 Å². The summed E-state index contributed by atoms with van der Waals surface area (Å²) >= 11 is 0. The van der Waals surface area contributed by atoms with E-state index in [0.29, 0.717) is 0 Å². The molecule has 0 saturated carbocycles. The molecule has 0 N–H and O–H groups in total. The van der Waals surface area contributed by atoms with Gasteiger partial charge in [-0.1, -0.05) is 87.5 Å². The summed E-state index contributed by atoms with van der Waals surface area (Å²) in [5, 5.41) is 2.18. The fraction of sp³-hybridized carbons (Fsp3) is 0.118. The fourth-order valence-corrected chi connectivity index (χ4v) is 5.19. The Kier molecular flexibility index (Phi) is 4.98. The highest BCUT2D eigenvalue weighted by molar-refractivity contribution is 6.10. The normalized spacial score (nSPS) is 12.1. The van der Waals surface area contributed by atoms with Gasteiger partial charge in [-0.3, -0.25) is 9.55 Å². The second kappa shape index (κ2) is 8.42. The standard InChI is InChI=1S/C34H27N3O/c1-34(2,3)31-20-29-28(21-35-31)36-33(37(29)24-13-8-5-9-14-24)27-16-10-15-26-25-18-17-23(19-30(25)38-32(26)27)22-11-6-4-7-12-22/h4-21H,1-3H3. The summed E-state index contributed by atoms with van der Waals surface area (Å²) in [5.41, 5.74) is 8.87. The molecule has 0 fully saturated rings. The molecule has 0 bridgehead atoms. The van der Waals surface area contributed by atoms with Crippen LogP contribution < -0.4 is 0 Å². The molecule has 0 saturated heterocycles. The second-order valence-corrected chi connectivity index (χ2v) is 10.8. The fourth-order valence-electron chi connectivity index (χ4n) is 5.19. The smallest absolute Gasteiger partial charge is 0.149 e. The number of hydrogen-bond acceptors (Lipinski definition) is 3. The summed E-state index contributed by atoms with van der Waals surface area (Å²) < 4.78 is 8.82. The van der Waals surface area contributed by atoms with Crippen molar-refractivity contribution in [2.45, 2.75) is 26.2 Å². The summed E-state index contributed by atoms with van der Waals surface area (Å²) in [6, 6.07) is 35.7. The monoisotopic (exact) mass is 493 g/mol. The van der Waals surface area contributed by atoms with Crippen molar-refractivity contribution in [3.05, 3.63) is 115 Å². The first-order valence-electron chi connectivity index (χ1n) is 12.9. The van der Waals surface area contributed by atoms with Crippen LogP contribution in [0.2, 0.25) is 0 Å². The number of furan rings is 1. The SMILES string of the molecule is CC(C)(C)c1cc2c(cn1)nc(-c1cccc3c1oc1cc(-c4ccccc4)ccc13)n2-c1ccccc1. The zero-order valence-electron chi connectivity index (χ0n) is 21.6. The highest BCUT2D eigenvalue weighted by atomic mass is 16.3. The van der Waals surface area contributed by atoms with Gasteiger partial charge < -0.3 is 4.42 Å². The number of hydrogen-bond donors (Lipinski definition) is 0. The molecule has 0 aliphatic carbocycles. The molecule has 0 atom stereocenters.